The van der Waals surface area contributed by atoms with E-state index >= 15 is 0 Å². The van der Waals surface area contributed by atoms with Crippen molar-refractivity contribution in [3.05, 3.63) is 0 Å². The molecule has 0 rings (SSSR count). The van der Waals surface area contributed by atoms with Crippen molar-refractivity contribution < 1.29 is 1.37 Å². The molecule has 0 aliphatic heterocycles. The van der Waals surface area contributed by atoms with Gasteiger partial charge < -0.3 is 0 Å². The maximum absolute atomic E-state index is 7.19. The van der Waals surface area contributed by atoms with E-state index < -0.39 is 5.89 Å². The Morgan fingerprint density at radius 1 is 2.17 bits per heavy atom. The first-order chi connectivity index (χ1) is 3.12. The van der Waals surface area contributed by atoms with E-state index in [1.165, 1.54) is 0 Å². The van der Waals surface area contributed by atoms with Gasteiger partial charge in [0.2, 0.25) is 0 Å². The predicted octanol–water partition coefficient (Wildman–Crippen LogP) is 1.67. The SMILES string of the molecule is [2H]C(C)(C#C)CC. The first-order valence-corrected chi connectivity index (χ1v) is 2.10. The quantitative estimate of drug-likeness (QED) is 0.423. The summed E-state index contributed by atoms with van der Waals surface area (Å²) >= 11 is 0. The second-order valence-electron chi connectivity index (χ2n) is 1.28. The topological polar surface area (TPSA) is 0 Å². The first-order valence-electron chi connectivity index (χ1n) is 2.60. The Kier molecular flexibility index (Phi) is 1.73. The van der Waals surface area contributed by atoms with Crippen molar-refractivity contribution in [1.82, 2.24) is 0 Å². The summed E-state index contributed by atoms with van der Waals surface area (Å²) in [6, 6.07) is 0. The zero-order valence-electron chi connectivity index (χ0n) is 5.28. The van der Waals surface area contributed by atoms with E-state index in [4.69, 9.17) is 7.79 Å². The Hall–Kier alpha value is -0.440. The van der Waals surface area contributed by atoms with Gasteiger partial charge in [-0.1, -0.05) is 13.8 Å². The van der Waals surface area contributed by atoms with E-state index in [1.54, 1.807) is 6.92 Å². The van der Waals surface area contributed by atoms with Crippen LogP contribution in [0, 0.1) is 18.2 Å². The van der Waals surface area contributed by atoms with Crippen LogP contribution in [0.2, 0.25) is 0 Å². The lowest BCUT2D eigenvalue weighted by molar-refractivity contribution is 0.724. The summed E-state index contributed by atoms with van der Waals surface area (Å²) < 4.78 is 7.19. The van der Waals surface area contributed by atoms with Crippen LogP contribution in [0.5, 0.6) is 0 Å². The third-order valence-electron chi connectivity index (χ3n) is 0.777. The van der Waals surface area contributed by atoms with Crippen LogP contribution < -0.4 is 0 Å². The average Bonchev–Trinajstić information content (AvgIpc) is 1.68. The normalized spacial score (nSPS) is 20.5. The molecule has 0 fully saturated rings. The fraction of sp³-hybridized carbons (Fsp3) is 0.667. The zero-order valence-corrected chi connectivity index (χ0v) is 4.28. The molecule has 0 aromatic rings. The summed E-state index contributed by atoms with van der Waals surface area (Å²) in [7, 11) is 0. The van der Waals surface area contributed by atoms with Crippen LogP contribution in [-0.2, 0) is 0 Å². The molecule has 1 atom stereocenters. The molecule has 0 saturated carbocycles. The molecule has 0 saturated heterocycles. The average molecular weight is 83.2 g/mol. The second kappa shape index (κ2) is 2.78. The largest absolute Gasteiger partial charge is 0.120 e. The lowest BCUT2D eigenvalue weighted by Crippen LogP contribution is -1.81. The summed E-state index contributed by atoms with van der Waals surface area (Å²) in [4.78, 5) is 0. The molecular weight excluding hydrogens is 72.1 g/mol. The minimum Gasteiger partial charge on any atom is -0.120 e. The monoisotopic (exact) mass is 83.1 g/mol. The third kappa shape index (κ3) is 1.84. The second-order valence-corrected chi connectivity index (χ2v) is 1.28. The summed E-state index contributed by atoms with van der Waals surface area (Å²) in [6.45, 7) is 3.64. The summed E-state index contributed by atoms with van der Waals surface area (Å²) in [5.74, 6) is 1.72. The predicted molar refractivity (Wildman–Crippen MR) is 28.3 cm³/mol. The van der Waals surface area contributed by atoms with Crippen LogP contribution >= 0.6 is 0 Å². The van der Waals surface area contributed by atoms with Crippen molar-refractivity contribution in [3.8, 4) is 12.3 Å². The van der Waals surface area contributed by atoms with Crippen LogP contribution in [-0.4, -0.2) is 0 Å². The van der Waals surface area contributed by atoms with Gasteiger partial charge in [0.15, 0.2) is 0 Å². The molecule has 0 aromatic carbocycles. The molecule has 0 spiro atoms. The number of hydrogen-bond acceptors (Lipinski definition) is 0. The van der Waals surface area contributed by atoms with E-state index in [-0.39, 0.29) is 0 Å². The molecule has 1 unspecified atom stereocenters. The molecule has 0 nitrogen and oxygen atoms in total. The highest BCUT2D eigenvalue weighted by Crippen LogP contribution is 1.94. The minimum absolute atomic E-state index is 0.639. The molecule has 0 aromatic heterocycles. The molecule has 0 aliphatic rings. The van der Waals surface area contributed by atoms with E-state index in [0.29, 0.717) is 0 Å². The van der Waals surface area contributed by atoms with Gasteiger partial charge in [0.25, 0.3) is 0 Å². The maximum atomic E-state index is 7.19. The highest BCUT2D eigenvalue weighted by atomic mass is 13.9. The first kappa shape index (κ1) is 3.74. The molecule has 0 aliphatic carbocycles. The van der Waals surface area contributed by atoms with Crippen molar-refractivity contribution in [2.24, 2.45) is 5.89 Å². The maximum Gasteiger partial charge on any atom is 0.0436 e. The summed E-state index contributed by atoms with van der Waals surface area (Å²) in [5, 5.41) is 0. The molecule has 0 heterocycles. The molecule has 0 bridgehead atoms. The molecule has 6 heavy (non-hydrogen) atoms. The van der Waals surface area contributed by atoms with Crippen LogP contribution in [0.4, 0.5) is 0 Å². The Labute approximate surface area is 41.0 Å². The Morgan fingerprint density at radius 3 is 2.67 bits per heavy atom. The fourth-order valence-electron chi connectivity index (χ4n) is 0.102. The van der Waals surface area contributed by atoms with Crippen molar-refractivity contribution >= 4 is 0 Å². The van der Waals surface area contributed by atoms with E-state index in [0.717, 1.165) is 6.42 Å². The highest BCUT2D eigenvalue weighted by Gasteiger charge is 1.84. The van der Waals surface area contributed by atoms with Crippen LogP contribution in [0.1, 0.15) is 21.6 Å². The lowest BCUT2D eigenvalue weighted by atomic mass is 10.1. The van der Waals surface area contributed by atoms with E-state index in [2.05, 4.69) is 5.92 Å². The van der Waals surface area contributed by atoms with Crippen molar-refractivity contribution in [2.45, 2.75) is 20.3 Å². The van der Waals surface area contributed by atoms with Crippen LogP contribution in [0.3, 0.4) is 0 Å². The fourth-order valence-corrected chi connectivity index (χ4v) is 0.102. The van der Waals surface area contributed by atoms with Gasteiger partial charge in [-0.15, -0.1) is 12.3 Å². The number of terminal acetylenes is 1. The Morgan fingerprint density at radius 2 is 2.67 bits per heavy atom. The van der Waals surface area contributed by atoms with Gasteiger partial charge >= 0.3 is 0 Å². The van der Waals surface area contributed by atoms with Gasteiger partial charge in [-0.3, -0.25) is 0 Å². The van der Waals surface area contributed by atoms with Crippen molar-refractivity contribution in [2.75, 3.05) is 0 Å². The standard InChI is InChI=1S/C6H10/c1-4-6(3)5-2/h1,6H,5H2,2-3H3/i6D. The summed E-state index contributed by atoms with van der Waals surface area (Å²) in [5.41, 5.74) is 0. The van der Waals surface area contributed by atoms with Gasteiger partial charge in [-0.05, 0) is 6.42 Å². The van der Waals surface area contributed by atoms with Crippen molar-refractivity contribution in [1.29, 1.82) is 0 Å². The third-order valence-corrected chi connectivity index (χ3v) is 0.777. The number of rotatable bonds is 1. The zero-order chi connectivity index (χ0) is 5.91. The molecule has 0 N–H and O–H groups in total. The molecule has 0 radical (unpaired) electrons. The molecular formula is C6H10. The van der Waals surface area contributed by atoms with Crippen molar-refractivity contribution in [3.63, 3.8) is 0 Å². The van der Waals surface area contributed by atoms with Crippen LogP contribution in [0.15, 0.2) is 0 Å². The van der Waals surface area contributed by atoms with Gasteiger partial charge in [0.05, 0.1) is 0 Å². The Balaban J connectivity index is 3.66. The van der Waals surface area contributed by atoms with Crippen LogP contribution in [0.25, 0.3) is 0 Å². The molecule has 0 amide bonds. The highest BCUT2D eigenvalue weighted by molar-refractivity contribution is 4.88. The molecule has 34 valence electrons. The number of hydrogen-bond donors (Lipinski definition) is 0. The van der Waals surface area contributed by atoms with E-state index in [9.17, 15) is 0 Å². The Bertz CT molecular complexity index is 86.8. The lowest BCUT2D eigenvalue weighted by Gasteiger charge is -1.90. The molecule has 0 heteroatoms. The van der Waals surface area contributed by atoms with Gasteiger partial charge in [0, 0.05) is 7.26 Å². The van der Waals surface area contributed by atoms with E-state index in [1.807, 2.05) is 6.92 Å². The minimum atomic E-state index is -0.639. The van der Waals surface area contributed by atoms with Gasteiger partial charge in [-0.25, -0.2) is 0 Å². The summed E-state index contributed by atoms with van der Waals surface area (Å²) in [6.07, 6.45) is 5.70. The smallest absolute Gasteiger partial charge is 0.0436 e. The van der Waals surface area contributed by atoms with Gasteiger partial charge in [-0.2, -0.15) is 0 Å². The van der Waals surface area contributed by atoms with Gasteiger partial charge in [0.1, 0.15) is 0 Å².